The van der Waals surface area contributed by atoms with Gasteiger partial charge in [-0.15, -0.1) is 35.3 Å². The SMILES string of the molecule is CCNC(=NCc1cc(C)oc1C)NCc1cccs1.I. The Bertz CT molecular complexity index is 563. The average Bonchev–Trinajstić information content (AvgIpc) is 3.03. The number of nitrogens with one attached hydrogen (secondary N) is 2. The van der Waals surface area contributed by atoms with Crippen molar-refractivity contribution in [3.8, 4) is 0 Å². The number of aryl methyl sites for hydroxylation is 2. The van der Waals surface area contributed by atoms with E-state index in [0.29, 0.717) is 6.54 Å². The molecule has 0 atom stereocenters. The molecule has 0 saturated heterocycles. The molecule has 2 aromatic rings. The summed E-state index contributed by atoms with van der Waals surface area (Å²) in [4.78, 5) is 5.89. The van der Waals surface area contributed by atoms with Crippen LogP contribution in [0.4, 0.5) is 0 Å². The number of halogens is 1. The van der Waals surface area contributed by atoms with Crippen molar-refractivity contribution in [1.82, 2.24) is 10.6 Å². The van der Waals surface area contributed by atoms with Crippen LogP contribution in [0.1, 0.15) is 28.9 Å². The minimum absolute atomic E-state index is 0. The standard InChI is InChI=1S/C15H21N3OS.HI/c1-4-16-15(18-10-14-6-5-7-20-14)17-9-13-8-11(2)19-12(13)3;/h5-8H,4,9-10H2,1-3H3,(H2,16,17,18);1H. The Morgan fingerprint density at radius 1 is 1.33 bits per heavy atom. The predicted octanol–water partition coefficient (Wildman–Crippen LogP) is 3.83. The molecular weight excluding hydrogens is 397 g/mol. The molecule has 0 aliphatic heterocycles. The number of guanidine groups is 1. The summed E-state index contributed by atoms with van der Waals surface area (Å²) in [6, 6.07) is 6.22. The van der Waals surface area contributed by atoms with Gasteiger partial charge in [-0.1, -0.05) is 6.07 Å². The Morgan fingerprint density at radius 2 is 2.14 bits per heavy atom. The molecular formula is C15H22IN3OS. The second-order valence-electron chi connectivity index (χ2n) is 4.57. The zero-order valence-electron chi connectivity index (χ0n) is 12.6. The number of nitrogens with zero attached hydrogens (tertiary/aromatic N) is 1. The molecule has 2 aromatic heterocycles. The van der Waals surface area contributed by atoms with Crippen molar-refractivity contribution < 1.29 is 4.42 Å². The van der Waals surface area contributed by atoms with Gasteiger partial charge in [0.2, 0.25) is 0 Å². The van der Waals surface area contributed by atoms with Gasteiger partial charge in [0.05, 0.1) is 13.1 Å². The zero-order valence-corrected chi connectivity index (χ0v) is 15.7. The average molecular weight is 419 g/mol. The fourth-order valence-electron chi connectivity index (χ4n) is 1.93. The van der Waals surface area contributed by atoms with E-state index in [-0.39, 0.29) is 24.0 Å². The highest BCUT2D eigenvalue weighted by molar-refractivity contribution is 14.0. The van der Waals surface area contributed by atoms with Crippen LogP contribution in [-0.2, 0) is 13.1 Å². The van der Waals surface area contributed by atoms with Crippen LogP contribution in [-0.4, -0.2) is 12.5 Å². The van der Waals surface area contributed by atoms with E-state index in [9.17, 15) is 0 Å². The molecule has 0 aromatic carbocycles. The first-order chi connectivity index (χ1) is 9.69. The molecule has 0 fully saturated rings. The largest absolute Gasteiger partial charge is 0.466 e. The lowest BCUT2D eigenvalue weighted by Gasteiger charge is -2.10. The van der Waals surface area contributed by atoms with E-state index in [4.69, 9.17) is 4.42 Å². The van der Waals surface area contributed by atoms with Crippen molar-refractivity contribution in [2.75, 3.05) is 6.54 Å². The van der Waals surface area contributed by atoms with E-state index in [1.165, 1.54) is 4.88 Å². The molecule has 0 saturated carbocycles. The van der Waals surface area contributed by atoms with Gasteiger partial charge >= 0.3 is 0 Å². The Morgan fingerprint density at radius 3 is 2.71 bits per heavy atom. The highest BCUT2D eigenvalue weighted by Gasteiger charge is 2.04. The lowest BCUT2D eigenvalue weighted by atomic mass is 10.2. The lowest BCUT2D eigenvalue weighted by molar-refractivity contribution is 0.501. The molecule has 116 valence electrons. The topological polar surface area (TPSA) is 49.6 Å². The number of furan rings is 1. The summed E-state index contributed by atoms with van der Waals surface area (Å²) < 4.78 is 5.52. The molecule has 0 amide bonds. The van der Waals surface area contributed by atoms with Gasteiger partial charge < -0.3 is 15.1 Å². The van der Waals surface area contributed by atoms with Gasteiger partial charge in [-0.3, -0.25) is 0 Å². The van der Waals surface area contributed by atoms with Gasteiger partial charge in [0.25, 0.3) is 0 Å². The molecule has 2 N–H and O–H groups in total. The molecule has 4 nitrogen and oxygen atoms in total. The van der Waals surface area contributed by atoms with Crippen LogP contribution in [0.2, 0.25) is 0 Å². The van der Waals surface area contributed by atoms with Crippen LogP contribution in [0.3, 0.4) is 0 Å². The van der Waals surface area contributed by atoms with Crippen molar-refractivity contribution in [3.05, 3.63) is 45.5 Å². The number of thiophene rings is 1. The predicted molar refractivity (Wildman–Crippen MR) is 99.6 cm³/mol. The number of hydrogen-bond acceptors (Lipinski definition) is 3. The van der Waals surface area contributed by atoms with Crippen molar-refractivity contribution in [3.63, 3.8) is 0 Å². The molecule has 2 heterocycles. The van der Waals surface area contributed by atoms with E-state index in [1.807, 2.05) is 19.9 Å². The minimum Gasteiger partial charge on any atom is -0.466 e. The maximum absolute atomic E-state index is 5.52. The molecule has 0 spiro atoms. The van der Waals surface area contributed by atoms with Gasteiger partial charge in [0.1, 0.15) is 11.5 Å². The van der Waals surface area contributed by atoms with Crippen molar-refractivity contribution in [1.29, 1.82) is 0 Å². The summed E-state index contributed by atoms with van der Waals surface area (Å²) in [5, 5.41) is 8.67. The molecule has 6 heteroatoms. The van der Waals surface area contributed by atoms with Gasteiger partial charge in [0.15, 0.2) is 5.96 Å². The fraction of sp³-hybridized carbons (Fsp3) is 0.400. The monoisotopic (exact) mass is 419 g/mol. The van der Waals surface area contributed by atoms with Crippen LogP contribution >= 0.6 is 35.3 Å². The first kappa shape index (κ1) is 18.0. The maximum atomic E-state index is 5.52. The Labute approximate surface area is 147 Å². The summed E-state index contributed by atoms with van der Waals surface area (Å²) >= 11 is 1.74. The van der Waals surface area contributed by atoms with Gasteiger partial charge in [-0.2, -0.15) is 0 Å². The van der Waals surface area contributed by atoms with Gasteiger partial charge in [-0.25, -0.2) is 4.99 Å². The van der Waals surface area contributed by atoms with Crippen molar-refractivity contribution in [2.45, 2.75) is 33.9 Å². The van der Waals surface area contributed by atoms with E-state index in [1.54, 1.807) is 11.3 Å². The fourth-order valence-corrected chi connectivity index (χ4v) is 2.58. The third-order valence-electron chi connectivity index (χ3n) is 2.91. The van der Waals surface area contributed by atoms with Crippen LogP contribution in [0.5, 0.6) is 0 Å². The highest BCUT2D eigenvalue weighted by Crippen LogP contribution is 2.14. The maximum Gasteiger partial charge on any atom is 0.191 e. The summed E-state index contributed by atoms with van der Waals surface area (Å²) in [5.41, 5.74) is 1.14. The third-order valence-corrected chi connectivity index (χ3v) is 3.78. The molecule has 2 rings (SSSR count). The molecule has 0 unspecified atom stereocenters. The lowest BCUT2D eigenvalue weighted by Crippen LogP contribution is -2.36. The van der Waals surface area contributed by atoms with Gasteiger partial charge in [0, 0.05) is 17.0 Å². The molecule has 0 bridgehead atoms. The number of aliphatic imine (C=N–C) groups is 1. The second-order valence-corrected chi connectivity index (χ2v) is 5.60. The van der Waals surface area contributed by atoms with Crippen LogP contribution in [0, 0.1) is 13.8 Å². The number of rotatable bonds is 5. The van der Waals surface area contributed by atoms with Crippen molar-refractivity contribution >= 4 is 41.3 Å². The summed E-state index contributed by atoms with van der Waals surface area (Å²) in [7, 11) is 0. The van der Waals surface area contributed by atoms with E-state index >= 15 is 0 Å². The Hall–Kier alpha value is -1.02. The molecule has 21 heavy (non-hydrogen) atoms. The van der Waals surface area contributed by atoms with Crippen molar-refractivity contribution in [2.24, 2.45) is 4.99 Å². The first-order valence-electron chi connectivity index (χ1n) is 6.79. The second kappa shape index (κ2) is 9.09. The quantitative estimate of drug-likeness (QED) is 0.440. The minimum atomic E-state index is 0. The molecule has 0 radical (unpaired) electrons. The third kappa shape index (κ3) is 5.70. The van der Waals surface area contributed by atoms with E-state index in [0.717, 1.165) is 36.1 Å². The Kier molecular flexibility index (Phi) is 7.81. The molecule has 0 aliphatic carbocycles. The normalized spacial score (nSPS) is 11.1. The van der Waals surface area contributed by atoms with Crippen LogP contribution < -0.4 is 10.6 Å². The van der Waals surface area contributed by atoms with Crippen LogP contribution in [0.25, 0.3) is 0 Å². The zero-order chi connectivity index (χ0) is 14.4. The summed E-state index contributed by atoms with van der Waals surface area (Å²) in [6.45, 7) is 8.27. The summed E-state index contributed by atoms with van der Waals surface area (Å²) in [6.07, 6.45) is 0. The Balaban J connectivity index is 0.00000220. The van der Waals surface area contributed by atoms with Crippen LogP contribution in [0.15, 0.2) is 33.0 Å². The summed E-state index contributed by atoms with van der Waals surface area (Å²) in [5.74, 6) is 2.71. The van der Waals surface area contributed by atoms with E-state index < -0.39 is 0 Å². The first-order valence-corrected chi connectivity index (χ1v) is 7.67. The smallest absolute Gasteiger partial charge is 0.191 e. The highest BCUT2D eigenvalue weighted by atomic mass is 127. The number of hydrogen-bond donors (Lipinski definition) is 2. The van der Waals surface area contributed by atoms with E-state index in [2.05, 4.69) is 40.1 Å². The molecule has 0 aliphatic rings. The van der Waals surface area contributed by atoms with Gasteiger partial charge in [-0.05, 0) is 38.3 Å².